The molecule has 1 amide bonds. The van der Waals surface area contributed by atoms with E-state index in [1.165, 1.54) is 17.5 Å². The highest BCUT2D eigenvalue weighted by molar-refractivity contribution is 8.00. The number of benzene rings is 3. The van der Waals surface area contributed by atoms with Crippen LogP contribution in [-0.4, -0.2) is 5.91 Å². The quantitative estimate of drug-likeness (QED) is 0.541. The number of anilines is 2. The third-order valence-electron chi connectivity index (χ3n) is 3.64. The van der Waals surface area contributed by atoms with Crippen LogP contribution in [0.5, 0.6) is 0 Å². The zero-order chi connectivity index (χ0) is 17.6. The van der Waals surface area contributed by atoms with Crippen LogP contribution in [-0.2, 0) is 0 Å². The Labute approximate surface area is 156 Å². The lowest BCUT2D eigenvalue weighted by molar-refractivity contribution is 0.102. The average Bonchev–Trinajstić information content (AvgIpc) is 2.63. The maximum absolute atomic E-state index is 12.3. The summed E-state index contributed by atoms with van der Waals surface area (Å²) >= 11 is 7.36. The van der Waals surface area contributed by atoms with Crippen LogP contribution in [0, 0.1) is 6.92 Å². The second-order valence-electron chi connectivity index (χ2n) is 5.50. The minimum absolute atomic E-state index is 0.147. The number of rotatable bonds is 5. The van der Waals surface area contributed by atoms with E-state index in [0.29, 0.717) is 16.3 Å². The van der Waals surface area contributed by atoms with E-state index in [9.17, 15) is 4.79 Å². The van der Waals surface area contributed by atoms with Crippen LogP contribution in [0.2, 0.25) is 5.02 Å². The van der Waals surface area contributed by atoms with Gasteiger partial charge in [-0.3, -0.25) is 4.79 Å². The van der Waals surface area contributed by atoms with Gasteiger partial charge in [0.1, 0.15) is 0 Å². The van der Waals surface area contributed by atoms with E-state index in [2.05, 4.69) is 23.0 Å². The van der Waals surface area contributed by atoms with Crippen LogP contribution in [0.1, 0.15) is 15.9 Å². The van der Waals surface area contributed by atoms with Crippen molar-refractivity contribution in [3.63, 3.8) is 0 Å². The second-order valence-corrected chi connectivity index (χ2v) is 6.82. The van der Waals surface area contributed by atoms with E-state index in [-0.39, 0.29) is 5.91 Å². The molecule has 0 aliphatic heterocycles. The Morgan fingerprint density at radius 3 is 2.28 bits per heavy atom. The van der Waals surface area contributed by atoms with Crippen molar-refractivity contribution >= 4 is 40.8 Å². The van der Waals surface area contributed by atoms with Crippen molar-refractivity contribution in [1.29, 1.82) is 0 Å². The summed E-state index contributed by atoms with van der Waals surface area (Å²) < 4.78 is 3.33. The normalized spacial score (nSPS) is 10.3. The smallest absolute Gasteiger partial charge is 0.255 e. The van der Waals surface area contributed by atoms with Gasteiger partial charge in [0.2, 0.25) is 0 Å². The molecular formula is C20H17ClN2OS. The first kappa shape index (κ1) is 17.4. The number of carbonyl (C=O) groups excluding carboxylic acids is 1. The van der Waals surface area contributed by atoms with Gasteiger partial charge in [-0.15, -0.1) is 0 Å². The average molecular weight is 369 g/mol. The molecule has 5 heteroatoms. The lowest BCUT2D eigenvalue weighted by atomic mass is 10.2. The molecule has 0 saturated heterocycles. The van der Waals surface area contributed by atoms with E-state index in [1.54, 1.807) is 24.3 Å². The molecule has 0 fully saturated rings. The second kappa shape index (κ2) is 8.10. The van der Waals surface area contributed by atoms with Crippen molar-refractivity contribution in [2.24, 2.45) is 0 Å². The number of halogens is 1. The van der Waals surface area contributed by atoms with E-state index in [1.807, 2.05) is 42.5 Å². The predicted molar refractivity (Wildman–Crippen MR) is 107 cm³/mol. The number of para-hydroxylation sites is 1. The molecule has 126 valence electrons. The molecule has 2 N–H and O–H groups in total. The Hall–Kier alpha value is -2.43. The molecule has 3 rings (SSSR count). The van der Waals surface area contributed by atoms with Crippen LogP contribution >= 0.6 is 23.5 Å². The van der Waals surface area contributed by atoms with E-state index in [4.69, 9.17) is 11.6 Å². The van der Waals surface area contributed by atoms with Crippen LogP contribution < -0.4 is 10.0 Å². The van der Waals surface area contributed by atoms with Gasteiger partial charge in [-0.1, -0.05) is 29.8 Å². The van der Waals surface area contributed by atoms with Gasteiger partial charge in [0, 0.05) is 26.9 Å². The Morgan fingerprint density at radius 1 is 0.920 bits per heavy atom. The Kier molecular flexibility index (Phi) is 5.64. The summed E-state index contributed by atoms with van der Waals surface area (Å²) in [5.74, 6) is -0.147. The molecule has 3 aromatic rings. The summed E-state index contributed by atoms with van der Waals surface area (Å²) in [5, 5.41) is 3.49. The van der Waals surface area contributed by atoms with E-state index in [0.717, 1.165) is 10.6 Å². The van der Waals surface area contributed by atoms with Gasteiger partial charge < -0.3 is 10.0 Å². The van der Waals surface area contributed by atoms with Gasteiger partial charge in [-0.05, 0) is 79.0 Å². The van der Waals surface area contributed by atoms with Gasteiger partial charge in [0.05, 0.1) is 0 Å². The molecule has 0 aromatic heterocycles. The van der Waals surface area contributed by atoms with Crippen molar-refractivity contribution < 1.29 is 4.79 Å². The number of carbonyl (C=O) groups is 1. The van der Waals surface area contributed by atoms with Gasteiger partial charge in [0.25, 0.3) is 5.91 Å². The van der Waals surface area contributed by atoms with E-state index >= 15 is 0 Å². The van der Waals surface area contributed by atoms with Crippen LogP contribution in [0.25, 0.3) is 0 Å². The SMILES string of the molecule is Cc1ccccc1NSc1ccc(C(=O)Nc2ccc(Cl)cc2)cc1. The van der Waals surface area contributed by atoms with Crippen molar-refractivity contribution in [2.75, 3.05) is 10.0 Å². The minimum atomic E-state index is -0.147. The van der Waals surface area contributed by atoms with Gasteiger partial charge in [0.15, 0.2) is 0 Å². The standard InChI is InChI=1S/C20H17ClN2OS/c1-14-4-2-3-5-19(14)23-25-18-12-6-15(7-13-18)20(24)22-17-10-8-16(21)9-11-17/h2-13,23H,1H3,(H,22,24). The minimum Gasteiger partial charge on any atom is -0.325 e. The first-order chi connectivity index (χ1) is 12.1. The summed E-state index contributed by atoms with van der Waals surface area (Å²) in [5.41, 5.74) is 3.59. The molecule has 0 aliphatic rings. The fourth-order valence-electron chi connectivity index (χ4n) is 2.21. The monoisotopic (exact) mass is 368 g/mol. The van der Waals surface area contributed by atoms with Crippen molar-refractivity contribution in [1.82, 2.24) is 0 Å². The van der Waals surface area contributed by atoms with Crippen molar-refractivity contribution in [3.05, 3.63) is 88.9 Å². The molecule has 0 aliphatic carbocycles. The largest absolute Gasteiger partial charge is 0.325 e. The maximum Gasteiger partial charge on any atom is 0.255 e. The molecule has 0 saturated carbocycles. The molecule has 0 bridgehead atoms. The molecule has 0 radical (unpaired) electrons. The summed E-state index contributed by atoms with van der Waals surface area (Å²) in [6.07, 6.45) is 0. The third-order valence-corrected chi connectivity index (χ3v) is 4.72. The summed E-state index contributed by atoms with van der Waals surface area (Å²) in [6, 6.07) is 22.6. The molecular weight excluding hydrogens is 352 g/mol. The lowest BCUT2D eigenvalue weighted by Crippen LogP contribution is -2.11. The first-order valence-electron chi connectivity index (χ1n) is 7.77. The van der Waals surface area contributed by atoms with Gasteiger partial charge >= 0.3 is 0 Å². The van der Waals surface area contributed by atoms with Crippen LogP contribution in [0.4, 0.5) is 11.4 Å². The summed E-state index contributed by atoms with van der Waals surface area (Å²) in [6.45, 7) is 2.06. The van der Waals surface area contributed by atoms with Crippen molar-refractivity contribution in [2.45, 2.75) is 11.8 Å². The lowest BCUT2D eigenvalue weighted by Gasteiger charge is -2.09. The highest BCUT2D eigenvalue weighted by Crippen LogP contribution is 2.24. The van der Waals surface area contributed by atoms with Gasteiger partial charge in [-0.2, -0.15) is 0 Å². The Balaban J connectivity index is 1.60. The Bertz CT molecular complexity index is 864. The zero-order valence-corrected chi connectivity index (χ0v) is 15.2. The van der Waals surface area contributed by atoms with Gasteiger partial charge in [-0.25, -0.2) is 0 Å². The molecule has 0 spiro atoms. The third kappa shape index (κ3) is 4.78. The highest BCUT2D eigenvalue weighted by atomic mass is 35.5. The number of hydrogen-bond donors (Lipinski definition) is 2. The zero-order valence-electron chi connectivity index (χ0n) is 13.6. The van der Waals surface area contributed by atoms with Crippen molar-refractivity contribution in [3.8, 4) is 0 Å². The molecule has 25 heavy (non-hydrogen) atoms. The summed E-state index contributed by atoms with van der Waals surface area (Å²) in [4.78, 5) is 13.3. The van der Waals surface area contributed by atoms with E-state index < -0.39 is 0 Å². The molecule has 0 heterocycles. The fourth-order valence-corrected chi connectivity index (χ4v) is 3.07. The molecule has 3 aromatic carbocycles. The first-order valence-corrected chi connectivity index (χ1v) is 8.97. The Morgan fingerprint density at radius 2 is 1.60 bits per heavy atom. The fraction of sp³-hybridized carbons (Fsp3) is 0.0500. The molecule has 3 nitrogen and oxygen atoms in total. The molecule has 0 atom stereocenters. The number of hydrogen-bond acceptors (Lipinski definition) is 3. The molecule has 0 unspecified atom stereocenters. The number of amides is 1. The predicted octanol–water partition coefficient (Wildman–Crippen LogP) is 6.02. The highest BCUT2D eigenvalue weighted by Gasteiger charge is 2.06. The van der Waals surface area contributed by atoms with Crippen LogP contribution in [0.15, 0.2) is 77.7 Å². The number of nitrogens with one attached hydrogen (secondary N) is 2. The van der Waals surface area contributed by atoms with Crippen LogP contribution in [0.3, 0.4) is 0 Å². The number of aryl methyl sites for hydroxylation is 1. The summed E-state index contributed by atoms with van der Waals surface area (Å²) in [7, 11) is 0. The topological polar surface area (TPSA) is 41.1 Å². The maximum atomic E-state index is 12.3.